The van der Waals surface area contributed by atoms with Gasteiger partial charge >= 0.3 is 0 Å². The number of carbonyl (C=O) groups is 1. The van der Waals surface area contributed by atoms with E-state index in [4.69, 9.17) is 9.84 Å². The minimum absolute atomic E-state index is 0.0200. The SMILES string of the molecule is Cc1nn(COCCS(C)(C)C)c(C)c1-c1ccc(NC(=O)C(c2nnc(Cc3cc[nH]n3)[nH]2)C(C2CC2)C2CC2)cc1. The van der Waals surface area contributed by atoms with Crippen LogP contribution in [-0.4, -0.2) is 72.2 Å². The molecule has 2 fully saturated rings. The highest BCUT2D eigenvalue weighted by molar-refractivity contribution is 8.32. The molecule has 10 nitrogen and oxygen atoms in total. The van der Waals surface area contributed by atoms with Crippen molar-refractivity contribution in [2.45, 2.75) is 58.6 Å². The van der Waals surface area contributed by atoms with Crippen LogP contribution >= 0.6 is 10.0 Å². The normalized spacial score (nSPS) is 16.5. The summed E-state index contributed by atoms with van der Waals surface area (Å²) in [5.41, 5.74) is 5.87. The fraction of sp³-hybridized carbons (Fsp3) is 0.531. The first kappa shape index (κ1) is 29.6. The molecular weight excluding hydrogens is 560 g/mol. The molecule has 2 aliphatic carbocycles. The summed E-state index contributed by atoms with van der Waals surface area (Å²) in [6.07, 6.45) is 14.0. The molecule has 6 rings (SSSR count). The molecule has 1 amide bonds. The van der Waals surface area contributed by atoms with E-state index in [0.717, 1.165) is 52.1 Å². The van der Waals surface area contributed by atoms with Crippen molar-refractivity contribution in [1.82, 2.24) is 35.2 Å². The Morgan fingerprint density at radius 3 is 2.42 bits per heavy atom. The first-order chi connectivity index (χ1) is 20.7. The van der Waals surface area contributed by atoms with Crippen molar-refractivity contribution in [3.8, 4) is 11.1 Å². The summed E-state index contributed by atoms with van der Waals surface area (Å²) in [7, 11) is -0.581. The minimum atomic E-state index is -0.581. The summed E-state index contributed by atoms with van der Waals surface area (Å²) in [5.74, 6) is 3.52. The summed E-state index contributed by atoms with van der Waals surface area (Å²) in [4.78, 5) is 17.3. The lowest BCUT2D eigenvalue weighted by Gasteiger charge is -2.24. The van der Waals surface area contributed by atoms with Gasteiger partial charge in [-0.15, -0.1) is 10.2 Å². The summed E-state index contributed by atoms with van der Waals surface area (Å²) in [5, 5.41) is 23.9. The largest absolute Gasteiger partial charge is 0.358 e. The molecule has 1 unspecified atom stereocenters. The number of aryl methyl sites for hydroxylation is 1. The maximum absolute atomic E-state index is 14.0. The maximum atomic E-state index is 14.0. The standard InChI is InChI=1S/C32H44N8O2S/c1-20-28(21(2)40(39-20)19-42-16-17-43(3,4)5)22-10-12-25(13-11-22)34-32(41)30(29(23-6-7-23)24-8-9-24)31-35-27(37-38-31)18-26-14-15-33-36-26/h10-15,23-24,29-30H,6-9,16-19H2,1-5H3,(H,33,36)(H,34,41)(H,35,37,38). The Labute approximate surface area is 255 Å². The van der Waals surface area contributed by atoms with Crippen LogP contribution in [0.1, 0.15) is 60.3 Å². The van der Waals surface area contributed by atoms with E-state index < -0.39 is 10.0 Å². The van der Waals surface area contributed by atoms with E-state index in [0.29, 0.717) is 30.8 Å². The number of anilines is 1. The van der Waals surface area contributed by atoms with Crippen molar-refractivity contribution in [2.24, 2.45) is 17.8 Å². The molecule has 0 saturated heterocycles. The number of aromatic amines is 2. The zero-order chi connectivity index (χ0) is 30.1. The number of hydrogen-bond acceptors (Lipinski definition) is 6. The van der Waals surface area contributed by atoms with Gasteiger partial charge in [0, 0.05) is 28.9 Å². The van der Waals surface area contributed by atoms with Crippen LogP contribution in [0.4, 0.5) is 5.69 Å². The molecule has 43 heavy (non-hydrogen) atoms. The van der Waals surface area contributed by atoms with Gasteiger partial charge in [-0.1, -0.05) is 12.1 Å². The molecule has 3 heterocycles. The summed E-state index contributed by atoms with van der Waals surface area (Å²) in [6.45, 7) is 5.31. The fourth-order valence-electron chi connectivity index (χ4n) is 6.11. The molecule has 0 bridgehead atoms. The molecular formula is C32H44N8O2S. The van der Waals surface area contributed by atoms with E-state index in [2.05, 4.69) is 68.5 Å². The summed E-state index contributed by atoms with van der Waals surface area (Å²) >= 11 is 0. The number of nitrogens with zero attached hydrogens (tertiary/aromatic N) is 5. The van der Waals surface area contributed by atoms with Crippen molar-refractivity contribution < 1.29 is 9.53 Å². The van der Waals surface area contributed by atoms with Gasteiger partial charge in [-0.3, -0.25) is 9.89 Å². The Bertz CT molecular complexity index is 1520. The highest BCUT2D eigenvalue weighted by atomic mass is 32.3. The molecule has 3 N–H and O–H groups in total. The quantitative estimate of drug-likeness (QED) is 0.165. The predicted octanol–water partition coefficient (Wildman–Crippen LogP) is 5.43. The number of aromatic nitrogens is 7. The van der Waals surface area contributed by atoms with Gasteiger partial charge in [0.15, 0.2) is 0 Å². The molecule has 4 aromatic rings. The van der Waals surface area contributed by atoms with Crippen LogP contribution in [0.15, 0.2) is 36.5 Å². The highest BCUT2D eigenvalue weighted by Gasteiger charge is 2.49. The van der Waals surface area contributed by atoms with Crippen molar-refractivity contribution >= 4 is 21.6 Å². The maximum Gasteiger partial charge on any atom is 0.235 e. The first-order valence-electron chi connectivity index (χ1n) is 15.3. The zero-order valence-electron chi connectivity index (χ0n) is 25.9. The fourth-order valence-corrected chi connectivity index (χ4v) is 6.72. The Balaban J connectivity index is 1.16. The molecule has 2 saturated carbocycles. The molecule has 0 aliphatic heterocycles. The topological polar surface area (TPSA) is 126 Å². The van der Waals surface area contributed by atoms with Crippen molar-refractivity contribution in [2.75, 3.05) is 36.4 Å². The third-order valence-corrected chi connectivity index (χ3v) is 10.0. The number of H-pyrrole nitrogens is 2. The van der Waals surface area contributed by atoms with E-state index in [1.165, 1.54) is 25.7 Å². The molecule has 1 atom stereocenters. The Morgan fingerprint density at radius 2 is 1.79 bits per heavy atom. The van der Waals surface area contributed by atoms with E-state index >= 15 is 0 Å². The lowest BCUT2D eigenvalue weighted by Crippen LogP contribution is -2.31. The van der Waals surface area contributed by atoms with Gasteiger partial charge in [0.2, 0.25) is 5.91 Å². The third-order valence-electron chi connectivity index (χ3n) is 8.63. The van der Waals surface area contributed by atoms with Crippen molar-refractivity contribution in [3.05, 3.63) is 65.3 Å². The second kappa shape index (κ2) is 12.3. The van der Waals surface area contributed by atoms with Gasteiger partial charge in [-0.05, 0) is 99.8 Å². The van der Waals surface area contributed by atoms with Crippen molar-refractivity contribution in [3.63, 3.8) is 0 Å². The molecule has 3 aromatic heterocycles. The molecule has 11 heteroatoms. The van der Waals surface area contributed by atoms with Gasteiger partial charge in [0.25, 0.3) is 0 Å². The number of carbonyl (C=O) groups excluding carboxylic acids is 1. The summed E-state index contributed by atoms with van der Waals surface area (Å²) in [6, 6.07) is 10.0. The second-order valence-electron chi connectivity index (χ2n) is 13.1. The van der Waals surface area contributed by atoms with Crippen LogP contribution in [0.3, 0.4) is 0 Å². The Hall–Kier alpha value is -3.44. The van der Waals surface area contributed by atoms with Gasteiger partial charge in [-0.25, -0.2) is 14.7 Å². The molecule has 1 aromatic carbocycles. The minimum Gasteiger partial charge on any atom is -0.358 e. The first-order valence-corrected chi connectivity index (χ1v) is 18.3. The highest BCUT2D eigenvalue weighted by Crippen LogP contribution is 2.54. The van der Waals surface area contributed by atoms with E-state index in [1.807, 2.05) is 29.8 Å². The number of benzene rings is 1. The van der Waals surface area contributed by atoms with E-state index in [1.54, 1.807) is 6.20 Å². The Kier molecular flexibility index (Phi) is 8.46. The number of ether oxygens (including phenoxy) is 1. The van der Waals surface area contributed by atoms with Crippen LogP contribution in [0.5, 0.6) is 0 Å². The number of nitrogens with one attached hydrogen (secondary N) is 3. The molecule has 0 spiro atoms. The van der Waals surface area contributed by atoms with Gasteiger partial charge in [0.05, 0.1) is 24.4 Å². The van der Waals surface area contributed by atoms with Gasteiger partial charge in [0.1, 0.15) is 24.3 Å². The van der Waals surface area contributed by atoms with Crippen LogP contribution in [0.25, 0.3) is 11.1 Å². The molecule has 0 radical (unpaired) electrons. The van der Waals surface area contributed by atoms with E-state index in [9.17, 15) is 4.79 Å². The van der Waals surface area contributed by atoms with Crippen LogP contribution in [0.2, 0.25) is 0 Å². The smallest absolute Gasteiger partial charge is 0.235 e. The molecule has 230 valence electrons. The number of rotatable bonds is 14. The molecule has 2 aliphatic rings. The van der Waals surface area contributed by atoms with Crippen LogP contribution in [-0.2, 0) is 22.7 Å². The van der Waals surface area contributed by atoms with Gasteiger partial charge < -0.3 is 15.0 Å². The predicted molar refractivity (Wildman–Crippen MR) is 171 cm³/mol. The average Bonchev–Trinajstić information content (AvgIpc) is 3.86. The Morgan fingerprint density at radius 1 is 1.07 bits per heavy atom. The second-order valence-corrected chi connectivity index (χ2v) is 17.7. The number of amides is 1. The van der Waals surface area contributed by atoms with Crippen LogP contribution < -0.4 is 5.32 Å². The summed E-state index contributed by atoms with van der Waals surface area (Å²) < 4.78 is 7.89. The zero-order valence-corrected chi connectivity index (χ0v) is 26.7. The van der Waals surface area contributed by atoms with Crippen LogP contribution in [0, 0.1) is 31.6 Å². The lowest BCUT2D eigenvalue weighted by molar-refractivity contribution is -0.119. The average molecular weight is 605 g/mol. The van der Waals surface area contributed by atoms with Crippen molar-refractivity contribution in [1.29, 1.82) is 0 Å². The lowest BCUT2D eigenvalue weighted by atomic mass is 9.82. The monoisotopic (exact) mass is 604 g/mol. The number of hydrogen-bond donors (Lipinski definition) is 3. The third kappa shape index (κ3) is 7.21. The van der Waals surface area contributed by atoms with Gasteiger partial charge in [-0.2, -0.15) is 10.2 Å². The van der Waals surface area contributed by atoms with E-state index in [-0.39, 0.29) is 17.7 Å².